The van der Waals surface area contributed by atoms with E-state index in [1.807, 2.05) is 0 Å². The number of aliphatic hydroxyl groups excluding tert-OH is 1. The van der Waals surface area contributed by atoms with Gasteiger partial charge in [-0.15, -0.1) is 13.2 Å². The maximum absolute atomic E-state index is 14.2. The van der Waals surface area contributed by atoms with E-state index in [2.05, 4.69) is 14.7 Å². The summed E-state index contributed by atoms with van der Waals surface area (Å²) in [4.78, 5) is 7.40. The number of pyridine rings is 1. The third kappa shape index (κ3) is 4.14. The summed E-state index contributed by atoms with van der Waals surface area (Å²) in [6, 6.07) is 0.172. The lowest BCUT2D eigenvalue weighted by Gasteiger charge is -2.49. The van der Waals surface area contributed by atoms with Gasteiger partial charge in [-0.1, -0.05) is 0 Å². The van der Waals surface area contributed by atoms with E-state index in [9.17, 15) is 35.8 Å². The van der Waals surface area contributed by atoms with E-state index < -0.39 is 48.2 Å². The van der Waals surface area contributed by atoms with Crippen LogP contribution in [0.5, 0.6) is 5.75 Å². The summed E-state index contributed by atoms with van der Waals surface area (Å²) in [6.07, 6.45) is -11.1. The summed E-state index contributed by atoms with van der Waals surface area (Å²) in [5, 5.41) is 9.83. The minimum absolute atomic E-state index is 0.0366. The minimum Gasteiger partial charge on any atom is -0.402 e. The molecule has 3 saturated carbocycles. The summed E-state index contributed by atoms with van der Waals surface area (Å²) in [6.45, 7) is 0. The summed E-state index contributed by atoms with van der Waals surface area (Å²) in [7, 11) is 0. The lowest BCUT2D eigenvalue weighted by Crippen LogP contribution is -2.45. The largest absolute Gasteiger partial charge is 0.573 e. The highest BCUT2D eigenvalue weighted by Crippen LogP contribution is 2.53. The number of aromatic nitrogens is 3. The Labute approximate surface area is 170 Å². The number of alkyl halides is 7. The topological polar surface area (TPSA) is 86.2 Å². The van der Waals surface area contributed by atoms with Crippen LogP contribution in [0.4, 0.5) is 36.6 Å². The maximum Gasteiger partial charge on any atom is 0.573 e. The summed E-state index contributed by atoms with van der Waals surface area (Å²) in [5.41, 5.74) is 5.08. The highest BCUT2D eigenvalue weighted by molar-refractivity contribution is 5.64. The van der Waals surface area contributed by atoms with Crippen molar-refractivity contribution in [2.45, 2.75) is 50.1 Å². The molecule has 0 spiro atoms. The fourth-order valence-corrected chi connectivity index (χ4v) is 4.24. The second kappa shape index (κ2) is 7.24. The molecule has 6 nitrogen and oxygen atoms in total. The van der Waals surface area contributed by atoms with Gasteiger partial charge in [0.1, 0.15) is 12.0 Å². The van der Waals surface area contributed by atoms with Gasteiger partial charge >= 0.3 is 12.5 Å². The quantitative estimate of drug-likeness (QED) is 0.672. The van der Waals surface area contributed by atoms with Crippen LogP contribution in [0.25, 0.3) is 11.3 Å². The zero-order valence-electron chi connectivity index (χ0n) is 15.7. The van der Waals surface area contributed by atoms with E-state index in [-0.39, 0.29) is 29.5 Å². The van der Waals surface area contributed by atoms with E-state index in [0.717, 1.165) is 23.0 Å². The normalized spacial score (nSPS) is 27.0. The first-order valence-electron chi connectivity index (χ1n) is 9.32. The number of nitrogen functional groups attached to an aromatic ring is 1. The Morgan fingerprint density at radius 2 is 1.81 bits per heavy atom. The smallest absolute Gasteiger partial charge is 0.402 e. The van der Waals surface area contributed by atoms with Crippen LogP contribution in [-0.4, -0.2) is 38.4 Å². The highest BCUT2D eigenvalue weighted by atomic mass is 19.4. The number of halogens is 7. The molecule has 170 valence electrons. The number of nitrogens with zero attached hydrogens (tertiary/aromatic N) is 3. The summed E-state index contributed by atoms with van der Waals surface area (Å²) in [5.74, 6) is -2.39. The Kier molecular flexibility index (Phi) is 5.06. The fourth-order valence-electron chi connectivity index (χ4n) is 4.24. The van der Waals surface area contributed by atoms with Crippen LogP contribution in [0.3, 0.4) is 0 Å². The molecule has 0 amide bonds. The number of anilines is 1. The molecule has 3 atom stereocenters. The van der Waals surface area contributed by atoms with Crippen LogP contribution >= 0.6 is 0 Å². The number of ether oxygens (including phenoxy) is 1. The van der Waals surface area contributed by atoms with E-state index in [1.165, 1.54) is 0 Å². The second-order valence-electron chi connectivity index (χ2n) is 7.80. The molecule has 31 heavy (non-hydrogen) atoms. The van der Waals surface area contributed by atoms with Gasteiger partial charge in [0.25, 0.3) is 0 Å². The van der Waals surface area contributed by atoms with Crippen LogP contribution in [0, 0.1) is 11.8 Å². The van der Waals surface area contributed by atoms with Crippen molar-refractivity contribution in [3.8, 4) is 17.0 Å². The van der Waals surface area contributed by atoms with E-state index in [0.29, 0.717) is 12.8 Å². The molecule has 2 aromatic rings. The van der Waals surface area contributed by atoms with E-state index in [1.54, 1.807) is 0 Å². The molecule has 0 saturated heterocycles. The monoisotopic (exact) mass is 454 g/mol. The van der Waals surface area contributed by atoms with Gasteiger partial charge in [-0.2, -0.15) is 13.2 Å². The molecule has 2 aromatic heterocycles. The number of hydrogen-bond donors (Lipinski definition) is 2. The van der Waals surface area contributed by atoms with E-state index >= 15 is 0 Å². The standard InChI is InChI=1S/C18H17F7N4O2/c19-10-4-12(8-1-7(10)2-8)29-6-11(28-16(29)14(30)17(20,21)22)9-3-13(15(26)27-5-9)31-18(23,24)25/h3,5-8,10,12,14,30H,1-2,4H2,(H2,26,27)/t7?,8?,10?,12?,14-/m0/s1. The third-order valence-electron chi connectivity index (χ3n) is 5.81. The summed E-state index contributed by atoms with van der Waals surface area (Å²) >= 11 is 0. The van der Waals surface area contributed by atoms with Gasteiger partial charge in [0, 0.05) is 24.0 Å². The van der Waals surface area contributed by atoms with Crippen molar-refractivity contribution in [3.05, 3.63) is 24.3 Å². The maximum atomic E-state index is 14.2. The fraction of sp³-hybridized carbons (Fsp3) is 0.556. The van der Waals surface area contributed by atoms with Gasteiger partial charge in [0.2, 0.25) is 6.10 Å². The predicted octanol–water partition coefficient (Wildman–Crippen LogP) is 4.33. The Bertz CT molecular complexity index is 969. The Morgan fingerprint density at radius 1 is 1.13 bits per heavy atom. The Hall–Kier alpha value is -2.57. The molecule has 3 N–H and O–H groups in total. The van der Waals surface area contributed by atoms with Crippen molar-refractivity contribution in [1.82, 2.24) is 14.5 Å². The first kappa shape index (κ1) is 21.7. The van der Waals surface area contributed by atoms with Crippen LogP contribution < -0.4 is 10.5 Å². The SMILES string of the molecule is Nc1ncc(-c2cn(C3CC(F)C4CC3C4)c([C@H](O)C(F)(F)F)n2)cc1OC(F)(F)F. The molecule has 2 bridgehead atoms. The van der Waals surface area contributed by atoms with Crippen molar-refractivity contribution in [2.24, 2.45) is 11.8 Å². The lowest BCUT2D eigenvalue weighted by molar-refractivity contribution is -0.274. The van der Waals surface area contributed by atoms with Crippen molar-refractivity contribution in [3.63, 3.8) is 0 Å². The average Bonchev–Trinajstić information content (AvgIpc) is 3.04. The number of fused-ring (bicyclic) bond motifs is 2. The second-order valence-corrected chi connectivity index (χ2v) is 7.80. The van der Waals surface area contributed by atoms with Crippen molar-refractivity contribution < 1.29 is 40.6 Å². The molecule has 0 radical (unpaired) electrons. The lowest BCUT2D eigenvalue weighted by atomic mass is 9.61. The zero-order valence-corrected chi connectivity index (χ0v) is 15.7. The number of hydrogen-bond acceptors (Lipinski definition) is 5. The van der Waals surface area contributed by atoms with Gasteiger partial charge in [0.05, 0.1) is 5.69 Å². The highest BCUT2D eigenvalue weighted by Gasteiger charge is 2.49. The number of imidazole rings is 1. The van der Waals surface area contributed by atoms with Gasteiger partial charge in [-0.05, 0) is 37.2 Å². The first-order chi connectivity index (χ1) is 14.3. The molecular weight excluding hydrogens is 437 g/mol. The van der Waals surface area contributed by atoms with Crippen LogP contribution in [0.1, 0.15) is 37.2 Å². The molecule has 2 unspecified atom stereocenters. The molecule has 5 rings (SSSR count). The third-order valence-corrected chi connectivity index (χ3v) is 5.81. The molecule has 3 fully saturated rings. The molecule has 3 aliphatic rings. The van der Waals surface area contributed by atoms with Crippen LogP contribution in [0.2, 0.25) is 0 Å². The van der Waals surface area contributed by atoms with E-state index in [4.69, 9.17) is 5.73 Å². The molecule has 0 aromatic carbocycles. The van der Waals surface area contributed by atoms with Gasteiger partial charge in [-0.3, -0.25) is 0 Å². The predicted molar refractivity (Wildman–Crippen MR) is 92.3 cm³/mol. The molecule has 2 heterocycles. The van der Waals surface area contributed by atoms with Crippen LogP contribution in [-0.2, 0) is 0 Å². The zero-order chi connectivity index (χ0) is 22.7. The van der Waals surface area contributed by atoms with Crippen LogP contribution in [0.15, 0.2) is 18.5 Å². The van der Waals surface area contributed by atoms with Crippen molar-refractivity contribution in [2.75, 3.05) is 5.73 Å². The molecule has 13 heteroatoms. The Balaban J connectivity index is 1.76. The molecule has 3 aliphatic carbocycles. The number of rotatable bonds is 4. The van der Waals surface area contributed by atoms with Gasteiger partial charge < -0.3 is 20.1 Å². The van der Waals surface area contributed by atoms with Gasteiger partial charge in [0.15, 0.2) is 11.6 Å². The minimum atomic E-state index is -5.07. The molecular formula is C18H17F7N4O2. The van der Waals surface area contributed by atoms with Crippen molar-refractivity contribution >= 4 is 5.82 Å². The Morgan fingerprint density at radius 3 is 2.39 bits per heavy atom. The van der Waals surface area contributed by atoms with Gasteiger partial charge in [-0.25, -0.2) is 14.4 Å². The summed E-state index contributed by atoms with van der Waals surface area (Å²) < 4.78 is 96.5. The number of aliphatic hydroxyl groups is 1. The number of nitrogens with two attached hydrogens (primary N) is 1. The average molecular weight is 454 g/mol. The molecule has 0 aliphatic heterocycles. The first-order valence-corrected chi connectivity index (χ1v) is 9.32. The van der Waals surface area contributed by atoms with Crippen molar-refractivity contribution in [1.29, 1.82) is 0 Å².